The molecular formula is C36H36N2O6. The molecule has 0 aromatic heterocycles. The third-order valence-corrected chi connectivity index (χ3v) is 10.3. The summed E-state index contributed by atoms with van der Waals surface area (Å²) in [7, 11) is 1.46. The lowest BCUT2D eigenvalue weighted by Crippen LogP contribution is -2.47. The molecule has 2 aliphatic heterocycles. The molecule has 0 bridgehead atoms. The summed E-state index contributed by atoms with van der Waals surface area (Å²) in [6.45, 7) is 4.11. The van der Waals surface area contributed by atoms with Gasteiger partial charge in [0, 0.05) is 48.3 Å². The number of phenols is 1. The van der Waals surface area contributed by atoms with Gasteiger partial charge in [-0.15, -0.1) is 0 Å². The maximum atomic E-state index is 14.3. The summed E-state index contributed by atoms with van der Waals surface area (Å²) in [5.74, 6) is -2.41. The molecule has 2 saturated heterocycles. The van der Waals surface area contributed by atoms with Crippen LogP contribution in [0, 0.1) is 17.8 Å². The molecule has 3 aliphatic carbocycles. The summed E-state index contributed by atoms with van der Waals surface area (Å²) in [6, 6.07) is 15.1. The summed E-state index contributed by atoms with van der Waals surface area (Å²) >= 11 is 0. The van der Waals surface area contributed by atoms with Gasteiger partial charge in [0.25, 0.3) is 0 Å². The van der Waals surface area contributed by atoms with E-state index < -0.39 is 17.8 Å². The largest absolute Gasteiger partial charge is 0.504 e. The van der Waals surface area contributed by atoms with E-state index in [1.165, 1.54) is 24.8 Å². The number of piperidine rings is 1. The van der Waals surface area contributed by atoms with Gasteiger partial charge in [0.15, 0.2) is 23.1 Å². The van der Waals surface area contributed by atoms with E-state index >= 15 is 0 Å². The minimum absolute atomic E-state index is 0.0284. The number of rotatable bonds is 5. The van der Waals surface area contributed by atoms with Crippen LogP contribution >= 0.6 is 0 Å². The third-order valence-electron chi connectivity index (χ3n) is 10.3. The van der Waals surface area contributed by atoms with Crippen LogP contribution in [-0.2, 0) is 25.7 Å². The molecule has 0 radical (unpaired) electrons. The Morgan fingerprint density at radius 2 is 1.70 bits per heavy atom. The molecule has 44 heavy (non-hydrogen) atoms. The van der Waals surface area contributed by atoms with Crippen molar-refractivity contribution in [3.05, 3.63) is 94.1 Å². The number of aromatic hydroxyl groups is 1. The highest BCUT2D eigenvalue weighted by Crippen LogP contribution is 2.55. The lowest BCUT2D eigenvalue weighted by atomic mass is 9.59. The molecule has 226 valence electrons. The van der Waals surface area contributed by atoms with Gasteiger partial charge in [0.2, 0.25) is 11.8 Å². The Hall–Kier alpha value is -4.30. The smallest absolute Gasteiger partial charge is 0.233 e. The molecule has 2 fully saturated rings. The summed E-state index contributed by atoms with van der Waals surface area (Å²) in [5.41, 5.74) is 4.09. The van der Waals surface area contributed by atoms with Crippen LogP contribution in [0.15, 0.2) is 83.0 Å². The molecule has 4 unspecified atom stereocenters. The van der Waals surface area contributed by atoms with Gasteiger partial charge in [-0.3, -0.25) is 29.0 Å². The number of amides is 2. The molecular weight excluding hydrogens is 556 g/mol. The van der Waals surface area contributed by atoms with Gasteiger partial charge in [-0.05, 0) is 67.9 Å². The van der Waals surface area contributed by atoms with Crippen molar-refractivity contribution in [2.75, 3.05) is 20.2 Å². The van der Waals surface area contributed by atoms with Crippen molar-refractivity contribution < 1.29 is 29.0 Å². The van der Waals surface area contributed by atoms with Crippen LogP contribution in [-0.4, -0.2) is 64.5 Å². The maximum Gasteiger partial charge on any atom is 0.233 e. The number of ketones is 2. The normalized spacial score (nSPS) is 27.5. The molecule has 4 atom stereocenters. The monoisotopic (exact) mass is 592 g/mol. The van der Waals surface area contributed by atoms with Gasteiger partial charge in [0.1, 0.15) is 0 Å². The SMILES string of the molecule is COc1cc(C2C3=CCC4C(=O)N(C5CCN(Cc6ccccc6)CC5)C(=O)C4C3CC3=C2C(=O)C=C(C)C3=O)ccc1O. The highest BCUT2D eigenvalue weighted by molar-refractivity contribution is 6.23. The molecule has 2 amide bonds. The number of carbonyl (C=O) groups is 4. The number of phenolic OH excluding ortho intramolecular Hbond substituents is 1. The topological polar surface area (TPSA) is 104 Å². The van der Waals surface area contributed by atoms with Crippen LogP contribution in [0.5, 0.6) is 11.5 Å². The van der Waals surface area contributed by atoms with E-state index in [4.69, 9.17) is 4.74 Å². The lowest BCUT2D eigenvalue weighted by Gasteiger charge is -2.42. The van der Waals surface area contributed by atoms with Crippen molar-refractivity contribution in [3.8, 4) is 11.5 Å². The molecule has 2 heterocycles. The number of ether oxygens (including phenoxy) is 1. The zero-order valence-corrected chi connectivity index (χ0v) is 25.0. The van der Waals surface area contributed by atoms with E-state index in [0.29, 0.717) is 28.7 Å². The Morgan fingerprint density at radius 3 is 2.43 bits per heavy atom. The number of carbonyl (C=O) groups excluding carboxylic acids is 4. The van der Waals surface area contributed by atoms with Crippen LogP contribution in [0.25, 0.3) is 0 Å². The van der Waals surface area contributed by atoms with Crippen LogP contribution < -0.4 is 4.74 Å². The number of hydrogen-bond donors (Lipinski definition) is 1. The second-order valence-electron chi connectivity index (χ2n) is 12.7. The fourth-order valence-electron chi connectivity index (χ4n) is 8.20. The minimum Gasteiger partial charge on any atom is -0.504 e. The highest BCUT2D eigenvalue weighted by Gasteiger charge is 2.57. The summed E-state index contributed by atoms with van der Waals surface area (Å²) < 4.78 is 5.38. The highest BCUT2D eigenvalue weighted by atomic mass is 16.5. The Morgan fingerprint density at radius 1 is 0.955 bits per heavy atom. The number of Topliss-reactive ketones (excluding diaryl/α,β-unsaturated/α-hetero) is 1. The standard InChI is InChI=1S/C36H36N2O6/c1-20-16-29(40)33-27(34(20)41)18-26-24(31(33)22-8-11-28(39)30(17-22)44-2)9-10-25-32(26)36(43)38(35(25)42)23-12-14-37(15-13-23)19-21-6-4-3-5-7-21/h3-9,11,16-17,23,25-26,31-32,39H,10,12-15,18-19H2,1-2H3. The average molecular weight is 593 g/mol. The van der Waals surface area contributed by atoms with Gasteiger partial charge < -0.3 is 9.84 Å². The molecule has 8 nitrogen and oxygen atoms in total. The molecule has 0 spiro atoms. The quantitative estimate of drug-likeness (QED) is 0.310. The predicted molar refractivity (Wildman–Crippen MR) is 163 cm³/mol. The Balaban J connectivity index is 1.19. The summed E-state index contributed by atoms with van der Waals surface area (Å²) in [6.07, 6.45) is 5.56. The van der Waals surface area contributed by atoms with Crippen molar-refractivity contribution in [1.29, 1.82) is 0 Å². The number of methoxy groups -OCH3 is 1. The van der Waals surface area contributed by atoms with E-state index in [9.17, 15) is 24.3 Å². The number of nitrogens with zero attached hydrogens (tertiary/aromatic N) is 2. The van der Waals surface area contributed by atoms with Crippen LogP contribution in [0.4, 0.5) is 0 Å². The molecule has 1 N–H and O–H groups in total. The van der Waals surface area contributed by atoms with Gasteiger partial charge in [-0.2, -0.15) is 0 Å². The number of imide groups is 1. The van der Waals surface area contributed by atoms with E-state index in [2.05, 4.69) is 17.0 Å². The second kappa shape index (κ2) is 11.0. The van der Waals surface area contributed by atoms with E-state index in [-0.39, 0.29) is 53.3 Å². The summed E-state index contributed by atoms with van der Waals surface area (Å²) in [5, 5.41) is 10.3. The van der Waals surface area contributed by atoms with E-state index in [0.717, 1.165) is 38.0 Å². The summed E-state index contributed by atoms with van der Waals surface area (Å²) in [4.78, 5) is 59.1. The number of likely N-dealkylation sites (tertiary alicyclic amines) is 2. The predicted octanol–water partition coefficient (Wildman–Crippen LogP) is 4.49. The fourth-order valence-corrected chi connectivity index (χ4v) is 8.20. The van der Waals surface area contributed by atoms with Crippen LogP contribution in [0.2, 0.25) is 0 Å². The van der Waals surface area contributed by atoms with Crippen LogP contribution in [0.1, 0.15) is 49.7 Å². The molecule has 2 aromatic carbocycles. The van der Waals surface area contributed by atoms with Crippen molar-refractivity contribution in [1.82, 2.24) is 9.80 Å². The zero-order valence-electron chi connectivity index (χ0n) is 25.0. The van der Waals surface area contributed by atoms with Gasteiger partial charge in [-0.25, -0.2) is 0 Å². The molecule has 7 rings (SSSR count). The molecule has 8 heteroatoms. The average Bonchev–Trinajstić information content (AvgIpc) is 3.29. The number of fused-ring (bicyclic) bond motifs is 3. The van der Waals surface area contributed by atoms with Crippen molar-refractivity contribution in [2.45, 2.75) is 51.1 Å². The number of allylic oxidation sites excluding steroid dienone is 6. The minimum atomic E-state index is -0.575. The fraction of sp³-hybridized carbons (Fsp3) is 0.389. The van der Waals surface area contributed by atoms with Crippen LogP contribution in [0.3, 0.4) is 0 Å². The van der Waals surface area contributed by atoms with Gasteiger partial charge >= 0.3 is 0 Å². The first-order valence-electron chi connectivity index (χ1n) is 15.5. The van der Waals surface area contributed by atoms with Crippen molar-refractivity contribution in [2.24, 2.45) is 17.8 Å². The molecule has 2 aromatic rings. The van der Waals surface area contributed by atoms with E-state index in [1.807, 2.05) is 24.3 Å². The third kappa shape index (κ3) is 4.54. The van der Waals surface area contributed by atoms with Gasteiger partial charge in [0.05, 0.1) is 18.9 Å². The van der Waals surface area contributed by atoms with E-state index in [1.54, 1.807) is 24.0 Å². The maximum absolute atomic E-state index is 14.3. The van der Waals surface area contributed by atoms with Crippen molar-refractivity contribution >= 4 is 23.4 Å². The first-order valence-corrected chi connectivity index (χ1v) is 15.5. The number of benzene rings is 2. The Kier molecular flexibility index (Phi) is 7.12. The lowest BCUT2D eigenvalue weighted by molar-refractivity contribution is -0.144. The second-order valence-corrected chi connectivity index (χ2v) is 12.7. The first kappa shape index (κ1) is 28.5. The van der Waals surface area contributed by atoms with Crippen molar-refractivity contribution in [3.63, 3.8) is 0 Å². The number of hydrogen-bond acceptors (Lipinski definition) is 7. The first-order chi connectivity index (χ1) is 21.3. The molecule has 0 saturated carbocycles. The Labute approximate surface area is 256 Å². The zero-order chi connectivity index (χ0) is 30.7. The van der Waals surface area contributed by atoms with Gasteiger partial charge in [-0.1, -0.05) is 48.0 Å². The molecule has 5 aliphatic rings. The Bertz CT molecular complexity index is 1660.